The minimum Gasteiger partial charge on any atom is -0.407 e. The molecule has 4 N–H and O–H groups in total. The number of aromatic nitrogens is 2. The van der Waals surface area contributed by atoms with Gasteiger partial charge in [-0.2, -0.15) is 0 Å². The lowest BCUT2D eigenvalue weighted by Crippen LogP contribution is -2.16. The van der Waals surface area contributed by atoms with Crippen molar-refractivity contribution in [2.75, 3.05) is 5.73 Å². The number of amides is 1. The molecule has 0 unspecified atom stereocenters. The first kappa shape index (κ1) is 13.2. The monoisotopic (exact) mass is 326 g/mol. The van der Waals surface area contributed by atoms with Gasteiger partial charge in [0.05, 0.1) is 6.20 Å². The number of nitrogens with two attached hydrogens (primary N) is 2. The number of primary amides is 1. The summed E-state index contributed by atoms with van der Waals surface area (Å²) in [4.78, 5) is 18.6. The van der Waals surface area contributed by atoms with Crippen LogP contribution in [0, 0.1) is 5.82 Å². The molecule has 0 aliphatic heterocycles. The number of halogens is 2. The standard InChI is InChI=1S/C11H8BrFN4O2/c12-8-4-16-10(14)9(17-8)5-1-2-7(6(13)3-5)19-11(15)18/h1-4H,(H2,14,16)(H2,15,18). The van der Waals surface area contributed by atoms with E-state index in [9.17, 15) is 9.18 Å². The Balaban J connectivity index is 2.44. The van der Waals surface area contributed by atoms with Crippen LogP contribution >= 0.6 is 15.9 Å². The SMILES string of the molecule is NC(=O)Oc1ccc(-c2nc(Br)cnc2N)cc1F. The molecule has 1 aromatic carbocycles. The van der Waals surface area contributed by atoms with Crippen LogP contribution in [-0.4, -0.2) is 16.1 Å². The highest BCUT2D eigenvalue weighted by Gasteiger charge is 2.12. The van der Waals surface area contributed by atoms with E-state index in [1.165, 1.54) is 18.3 Å². The molecular formula is C11H8BrFN4O2. The lowest BCUT2D eigenvalue weighted by atomic mass is 10.1. The molecule has 0 saturated heterocycles. The van der Waals surface area contributed by atoms with E-state index < -0.39 is 11.9 Å². The Morgan fingerprint density at radius 2 is 2.16 bits per heavy atom. The van der Waals surface area contributed by atoms with Crippen LogP contribution in [-0.2, 0) is 0 Å². The van der Waals surface area contributed by atoms with E-state index in [0.717, 1.165) is 6.07 Å². The minimum absolute atomic E-state index is 0.158. The Labute approximate surface area is 115 Å². The molecule has 0 spiro atoms. The van der Waals surface area contributed by atoms with Gasteiger partial charge in [0.25, 0.3) is 0 Å². The lowest BCUT2D eigenvalue weighted by molar-refractivity contribution is 0.208. The Kier molecular flexibility index (Phi) is 3.61. The minimum atomic E-state index is -1.09. The van der Waals surface area contributed by atoms with E-state index in [-0.39, 0.29) is 11.6 Å². The highest BCUT2D eigenvalue weighted by Crippen LogP contribution is 2.28. The van der Waals surface area contributed by atoms with Gasteiger partial charge < -0.3 is 16.2 Å². The van der Waals surface area contributed by atoms with Crippen LogP contribution in [0.25, 0.3) is 11.3 Å². The number of carbonyl (C=O) groups is 1. The number of nitrogens with zero attached hydrogens (tertiary/aromatic N) is 2. The fraction of sp³-hybridized carbons (Fsp3) is 0. The third kappa shape index (κ3) is 2.97. The molecule has 19 heavy (non-hydrogen) atoms. The number of hydrogen-bond donors (Lipinski definition) is 2. The number of rotatable bonds is 2. The third-order valence-electron chi connectivity index (χ3n) is 2.19. The van der Waals surface area contributed by atoms with Crippen molar-refractivity contribution in [3.8, 4) is 17.0 Å². The molecule has 0 radical (unpaired) electrons. The zero-order chi connectivity index (χ0) is 14.0. The van der Waals surface area contributed by atoms with Gasteiger partial charge in [-0.15, -0.1) is 0 Å². The fourth-order valence-electron chi connectivity index (χ4n) is 1.43. The second-order valence-corrected chi connectivity index (χ2v) is 4.31. The number of carbonyl (C=O) groups excluding carboxylic acids is 1. The van der Waals surface area contributed by atoms with Gasteiger partial charge in [0.2, 0.25) is 0 Å². The van der Waals surface area contributed by atoms with Gasteiger partial charge in [-0.05, 0) is 34.1 Å². The molecule has 0 fully saturated rings. The molecule has 1 aromatic heterocycles. The van der Waals surface area contributed by atoms with E-state index in [2.05, 4.69) is 30.6 Å². The maximum Gasteiger partial charge on any atom is 0.410 e. The maximum absolute atomic E-state index is 13.7. The topological polar surface area (TPSA) is 104 Å². The van der Waals surface area contributed by atoms with E-state index in [1.807, 2.05) is 0 Å². The highest BCUT2D eigenvalue weighted by atomic mass is 79.9. The lowest BCUT2D eigenvalue weighted by Gasteiger charge is -2.07. The van der Waals surface area contributed by atoms with Gasteiger partial charge in [0, 0.05) is 5.56 Å². The van der Waals surface area contributed by atoms with Crippen molar-refractivity contribution in [2.24, 2.45) is 5.73 Å². The molecule has 8 heteroatoms. The second-order valence-electron chi connectivity index (χ2n) is 3.49. The summed E-state index contributed by atoms with van der Waals surface area (Å²) in [5, 5.41) is 0. The predicted molar refractivity (Wildman–Crippen MR) is 69.7 cm³/mol. The van der Waals surface area contributed by atoms with E-state index in [0.29, 0.717) is 15.9 Å². The summed E-state index contributed by atoms with van der Waals surface area (Å²) >= 11 is 3.15. The number of nitrogen functional groups attached to an aromatic ring is 1. The zero-order valence-corrected chi connectivity index (χ0v) is 11.0. The molecule has 0 aliphatic rings. The summed E-state index contributed by atoms with van der Waals surface area (Å²) in [5.41, 5.74) is 11.2. The average Bonchev–Trinajstić information content (AvgIpc) is 2.34. The second kappa shape index (κ2) is 5.19. The predicted octanol–water partition coefficient (Wildman–Crippen LogP) is 2.08. The Morgan fingerprint density at radius 1 is 1.42 bits per heavy atom. The molecule has 0 saturated carbocycles. The van der Waals surface area contributed by atoms with Crippen LogP contribution < -0.4 is 16.2 Å². The van der Waals surface area contributed by atoms with Crippen molar-refractivity contribution in [2.45, 2.75) is 0 Å². The summed E-state index contributed by atoms with van der Waals surface area (Å²) < 4.78 is 18.6. The van der Waals surface area contributed by atoms with Crippen molar-refractivity contribution in [1.82, 2.24) is 9.97 Å². The quantitative estimate of drug-likeness (QED) is 0.879. The van der Waals surface area contributed by atoms with Crippen LogP contribution in [0.15, 0.2) is 29.0 Å². The first-order chi connectivity index (χ1) is 8.97. The van der Waals surface area contributed by atoms with E-state index >= 15 is 0 Å². The third-order valence-corrected chi connectivity index (χ3v) is 2.57. The van der Waals surface area contributed by atoms with Crippen LogP contribution in [0.3, 0.4) is 0 Å². The van der Waals surface area contributed by atoms with Crippen molar-refractivity contribution in [3.05, 3.63) is 34.8 Å². The van der Waals surface area contributed by atoms with Crippen LogP contribution in [0.2, 0.25) is 0 Å². The van der Waals surface area contributed by atoms with Crippen molar-refractivity contribution in [3.63, 3.8) is 0 Å². The first-order valence-corrected chi connectivity index (χ1v) is 5.82. The molecule has 0 bridgehead atoms. The summed E-state index contributed by atoms with van der Waals surface area (Å²) in [6, 6.07) is 3.89. The number of hydrogen-bond acceptors (Lipinski definition) is 5. The van der Waals surface area contributed by atoms with Gasteiger partial charge in [0.1, 0.15) is 16.1 Å². The van der Waals surface area contributed by atoms with Crippen LogP contribution in [0.5, 0.6) is 5.75 Å². The van der Waals surface area contributed by atoms with Crippen LogP contribution in [0.4, 0.5) is 15.0 Å². The molecule has 1 heterocycles. The molecular weight excluding hydrogens is 319 g/mol. The van der Waals surface area contributed by atoms with Crippen molar-refractivity contribution < 1.29 is 13.9 Å². The molecule has 1 amide bonds. The smallest absolute Gasteiger partial charge is 0.407 e. The number of ether oxygens (including phenoxy) is 1. The van der Waals surface area contributed by atoms with Gasteiger partial charge in [-0.25, -0.2) is 19.2 Å². The fourth-order valence-corrected chi connectivity index (χ4v) is 1.71. The van der Waals surface area contributed by atoms with Gasteiger partial charge >= 0.3 is 6.09 Å². The summed E-state index contributed by atoms with van der Waals surface area (Å²) in [6.07, 6.45) is 0.341. The first-order valence-electron chi connectivity index (χ1n) is 5.02. The summed E-state index contributed by atoms with van der Waals surface area (Å²) in [6.45, 7) is 0. The van der Waals surface area contributed by atoms with Gasteiger partial charge in [0.15, 0.2) is 11.6 Å². The highest BCUT2D eigenvalue weighted by molar-refractivity contribution is 9.10. The Morgan fingerprint density at radius 3 is 2.79 bits per heavy atom. The molecule has 2 aromatic rings. The average molecular weight is 327 g/mol. The van der Waals surface area contributed by atoms with E-state index in [4.69, 9.17) is 11.5 Å². The molecule has 98 valence electrons. The van der Waals surface area contributed by atoms with Gasteiger partial charge in [-0.1, -0.05) is 0 Å². The largest absolute Gasteiger partial charge is 0.410 e. The summed E-state index contributed by atoms with van der Waals surface area (Å²) in [7, 11) is 0. The Hall–Kier alpha value is -2.22. The maximum atomic E-state index is 13.7. The molecule has 0 aliphatic carbocycles. The molecule has 6 nitrogen and oxygen atoms in total. The Bertz CT molecular complexity index is 651. The molecule has 0 atom stereocenters. The normalized spacial score (nSPS) is 10.2. The van der Waals surface area contributed by atoms with Crippen molar-refractivity contribution >= 4 is 27.8 Å². The van der Waals surface area contributed by atoms with Gasteiger partial charge in [-0.3, -0.25) is 0 Å². The number of benzene rings is 1. The van der Waals surface area contributed by atoms with E-state index in [1.54, 1.807) is 0 Å². The number of anilines is 1. The van der Waals surface area contributed by atoms with Crippen molar-refractivity contribution in [1.29, 1.82) is 0 Å². The van der Waals surface area contributed by atoms with Crippen LogP contribution in [0.1, 0.15) is 0 Å². The zero-order valence-electron chi connectivity index (χ0n) is 9.43. The molecule has 2 rings (SSSR count). The summed E-state index contributed by atoms with van der Waals surface area (Å²) in [5.74, 6) is -0.860.